The maximum absolute atomic E-state index is 11.6. The first kappa shape index (κ1) is 12.0. The van der Waals surface area contributed by atoms with Crippen LogP contribution in [-0.2, 0) is 4.79 Å². The molecule has 0 radical (unpaired) electrons. The number of allylic oxidation sites excluding steroid dienone is 1. The van der Waals surface area contributed by atoms with Crippen molar-refractivity contribution in [2.24, 2.45) is 5.92 Å². The van der Waals surface area contributed by atoms with Crippen LogP contribution in [0.3, 0.4) is 0 Å². The van der Waals surface area contributed by atoms with E-state index in [1.807, 2.05) is 0 Å². The fourth-order valence-corrected chi connectivity index (χ4v) is 2.22. The maximum atomic E-state index is 11.6. The summed E-state index contributed by atoms with van der Waals surface area (Å²) < 4.78 is 0. The molecule has 0 atom stereocenters. The SMILES string of the molecule is CC(C)C(=O)/C(=C1/NCCCS1)[N+](=O)[O-]. The lowest BCUT2D eigenvalue weighted by Crippen LogP contribution is -2.27. The van der Waals surface area contributed by atoms with E-state index >= 15 is 0 Å². The van der Waals surface area contributed by atoms with Gasteiger partial charge in [0.2, 0.25) is 5.78 Å². The predicted molar refractivity (Wildman–Crippen MR) is 58.9 cm³/mol. The third-order valence-corrected chi connectivity index (χ3v) is 3.13. The molecule has 1 fully saturated rings. The van der Waals surface area contributed by atoms with E-state index in [0.29, 0.717) is 11.6 Å². The van der Waals surface area contributed by atoms with Crippen LogP contribution in [0.1, 0.15) is 20.3 Å². The molecule has 0 aliphatic carbocycles. The van der Waals surface area contributed by atoms with Gasteiger partial charge in [0, 0.05) is 18.2 Å². The Morgan fingerprint density at radius 3 is 2.67 bits per heavy atom. The Morgan fingerprint density at radius 1 is 1.60 bits per heavy atom. The van der Waals surface area contributed by atoms with Crippen LogP contribution in [0, 0.1) is 16.0 Å². The van der Waals surface area contributed by atoms with Gasteiger partial charge in [-0.25, -0.2) is 0 Å². The van der Waals surface area contributed by atoms with Crippen molar-refractivity contribution in [1.82, 2.24) is 5.32 Å². The van der Waals surface area contributed by atoms with Crippen molar-refractivity contribution in [3.63, 3.8) is 0 Å². The molecular weight excluding hydrogens is 216 g/mol. The molecule has 1 heterocycles. The van der Waals surface area contributed by atoms with Crippen molar-refractivity contribution in [2.45, 2.75) is 20.3 Å². The predicted octanol–water partition coefficient (Wildman–Crippen LogP) is 1.38. The van der Waals surface area contributed by atoms with Crippen LogP contribution in [0.15, 0.2) is 10.7 Å². The monoisotopic (exact) mass is 230 g/mol. The van der Waals surface area contributed by atoms with E-state index in [0.717, 1.165) is 12.2 Å². The van der Waals surface area contributed by atoms with Gasteiger partial charge in [-0.05, 0) is 6.42 Å². The summed E-state index contributed by atoms with van der Waals surface area (Å²) in [4.78, 5) is 21.9. The van der Waals surface area contributed by atoms with Gasteiger partial charge in [0.25, 0.3) is 0 Å². The molecule has 5 nitrogen and oxygen atoms in total. The number of nitrogens with one attached hydrogen (secondary N) is 1. The second kappa shape index (κ2) is 5.16. The number of ketones is 1. The Morgan fingerprint density at radius 2 is 2.27 bits per heavy atom. The van der Waals surface area contributed by atoms with E-state index in [9.17, 15) is 14.9 Å². The van der Waals surface area contributed by atoms with Crippen molar-refractivity contribution >= 4 is 17.5 Å². The highest BCUT2D eigenvalue weighted by molar-refractivity contribution is 8.03. The zero-order chi connectivity index (χ0) is 11.4. The quantitative estimate of drug-likeness (QED) is 0.450. The summed E-state index contributed by atoms with van der Waals surface area (Å²) in [6, 6.07) is 0. The van der Waals surface area contributed by atoms with Gasteiger partial charge in [-0.2, -0.15) is 0 Å². The summed E-state index contributed by atoms with van der Waals surface area (Å²) >= 11 is 1.35. The second-order valence-electron chi connectivity index (χ2n) is 3.58. The summed E-state index contributed by atoms with van der Waals surface area (Å²) in [5.74, 6) is 0.0736. The van der Waals surface area contributed by atoms with Gasteiger partial charge < -0.3 is 5.32 Å². The first-order chi connectivity index (χ1) is 7.04. The molecule has 1 saturated heterocycles. The van der Waals surface area contributed by atoms with Crippen LogP contribution >= 0.6 is 11.8 Å². The summed E-state index contributed by atoms with van der Waals surface area (Å²) in [6.45, 7) is 4.03. The van der Waals surface area contributed by atoms with Crippen LogP contribution in [-0.4, -0.2) is 23.0 Å². The van der Waals surface area contributed by atoms with E-state index in [1.54, 1.807) is 13.8 Å². The maximum Gasteiger partial charge on any atom is 0.341 e. The first-order valence-electron chi connectivity index (χ1n) is 4.83. The smallest absolute Gasteiger partial charge is 0.341 e. The van der Waals surface area contributed by atoms with Crippen LogP contribution < -0.4 is 5.32 Å². The number of Topliss-reactive ketones (excluding diaryl/α,β-unsaturated/α-hetero) is 1. The van der Waals surface area contributed by atoms with Gasteiger partial charge in [-0.1, -0.05) is 13.8 Å². The molecule has 0 bridgehead atoms. The standard InChI is InChI=1S/C9H14N2O3S/c1-6(2)8(12)7(11(13)14)9-10-4-3-5-15-9/h6,10H,3-5H2,1-2H3/b9-7+. The largest absolute Gasteiger partial charge is 0.374 e. The lowest BCUT2D eigenvalue weighted by Gasteiger charge is -2.16. The molecule has 15 heavy (non-hydrogen) atoms. The average molecular weight is 230 g/mol. The highest BCUT2D eigenvalue weighted by Crippen LogP contribution is 2.24. The highest BCUT2D eigenvalue weighted by Gasteiger charge is 2.30. The Labute approximate surface area is 92.5 Å². The van der Waals surface area contributed by atoms with E-state index in [2.05, 4.69) is 5.32 Å². The van der Waals surface area contributed by atoms with Crippen molar-refractivity contribution < 1.29 is 9.72 Å². The van der Waals surface area contributed by atoms with Crippen LogP contribution in [0.4, 0.5) is 0 Å². The van der Waals surface area contributed by atoms with Crippen molar-refractivity contribution in [2.75, 3.05) is 12.3 Å². The highest BCUT2D eigenvalue weighted by atomic mass is 32.2. The zero-order valence-electron chi connectivity index (χ0n) is 8.78. The molecule has 1 aliphatic rings. The van der Waals surface area contributed by atoms with Crippen molar-refractivity contribution in [3.8, 4) is 0 Å². The molecule has 0 aromatic heterocycles. The van der Waals surface area contributed by atoms with Crippen LogP contribution in [0.5, 0.6) is 0 Å². The molecule has 84 valence electrons. The average Bonchev–Trinajstić information content (AvgIpc) is 2.18. The third kappa shape index (κ3) is 2.95. The van der Waals surface area contributed by atoms with E-state index in [4.69, 9.17) is 0 Å². The summed E-state index contributed by atoms with van der Waals surface area (Å²) in [5, 5.41) is 14.2. The number of carbonyl (C=O) groups is 1. The fourth-order valence-electron chi connectivity index (χ4n) is 1.21. The van der Waals surface area contributed by atoms with Crippen molar-refractivity contribution in [3.05, 3.63) is 20.8 Å². The second-order valence-corrected chi connectivity index (χ2v) is 4.69. The van der Waals surface area contributed by atoms with Gasteiger partial charge in [-0.3, -0.25) is 14.9 Å². The minimum atomic E-state index is -0.580. The molecule has 0 saturated carbocycles. The first-order valence-corrected chi connectivity index (χ1v) is 5.82. The minimum Gasteiger partial charge on any atom is -0.374 e. The Balaban J connectivity index is 2.99. The van der Waals surface area contributed by atoms with E-state index in [1.165, 1.54) is 11.8 Å². The lowest BCUT2D eigenvalue weighted by atomic mass is 10.1. The summed E-state index contributed by atoms with van der Waals surface area (Å²) in [7, 11) is 0. The molecule has 0 unspecified atom stereocenters. The molecular formula is C9H14N2O3S. The molecule has 1 rings (SSSR count). The van der Waals surface area contributed by atoms with E-state index in [-0.39, 0.29) is 11.6 Å². The lowest BCUT2D eigenvalue weighted by molar-refractivity contribution is -0.420. The molecule has 0 aromatic carbocycles. The van der Waals surface area contributed by atoms with Gasteiger partial charge in [0.05, 0.1) is 4.92 Å². The third-order valence-electron chi connectivity index (χ3n) is 2.01. The van der Waals surface area contributed by atoms with Crippen LogP contribution in [0.25, 0.3) is 0 Å². The molecule has 1 aliphatic heterocycles. The number of carbonyl (C=O) groups excluding carboxylic acids is 1. The number of thioether (sulfide) groups is 1. The number of nitro groups is 1. The van der Waals surface area contributed by atoms with Gasteiger partial charge in [-0.15, -0.1) is 11.8 Å². The van der Waals surface area contributed by atoms with Gasteiger partial charge in [0.1, 0.15) is 0 Å². The number of rotatable bonds is 3. The van der Waals surface area contributed by atoms with Gasteiger partial charge in [0.15, 0.2) is 5.03 Å². The van der Waals surface area contributed by atoms with E-state index < -0.39 is 10.7 Å². The summed E-state index contributed by atoms with van der Waals surface area (Å²) in [5.41, 5.74) is -0.283. The number of hydrogen-bond donors (Lipinski definition) is 1. The topological polar surface area (TPSA) is 72.2 Å². The Hall–Kier alpha value is -1.04. The Kier molecular flexibility index (Phi) is 4.14. The van der Waals surface area contributed by atoms with Crippen LogP contribution in [0.2, 0.25) is 0 Å². The summed E-state index contributed by atoms with van der Waals surface area (Å²) in [6.07, 6.45) is 0.967. The number of hydrogen-bond acceptors (Lipinski definition) is 5. The molecule has 0 amide bonds. The molecule has 0 spiro atoms. The number of nitrogens with zero attached hydrogens (tertiary/aromatic N) is 1. The zero-order valence-corrected chi connectivity index (χ0v) is 9.60. The van der Waals surface area contributed by atoms with Crippen molar-refractivity contribution in [1.29, 1.82) is 0 Å². The Bertz CT molecular complexity index is 304. The fraction of sp³-hybridized carbons (Fsp3) is 0.667. The van der Waals surface area contributed by atoms with Gasteiger partial charge >= 0.3 is 5.70 Å². The molecule has 0 aromatic rings. The molecule has 6 heteroatoms. The molecule has 1 N–H and O–H groups in total. The minimum absolute atomic E-state index is 0.283. The normalized spacial score (nSPS) is 19.7.